The van der Waals surface area contributed by atoms with Crippen LogP contribution >= 0.6 is 50.9 Å². The molecule has 0 saturated heterocycles. The van der Waals surface area contributed by atoms with E-state index in [0.717, 1.165) is 4.47 Å². The van der Waals surface area contributed by atoms with Crippen LogP contribution in [0.5, 0.6) is 0 Å². The number of hydrazone groups is 1. The van der Waals surface area contributed by atoms with Crippen LogP contribution in [0.2, 0.25) is 10.0 Å². The van der Waals surface area contributed by atoms with Gasteiger partial charge in [-0.3, -0.25) is 15.1 Å². The third-order valence-electron chi connectivity index (χ3n) is 4.02. The molecule has 4 rings (SSSR count). The van der Waals surface area contributed by atoms with Crippen LogP contribution in [0.15, 0.2) is 51.0 Å². The van der Waals surface area contributed by atoms with Gasteiger partial charge in [-0.2, -0.15) is 0 Å². The Kier molecular flexibility index (Phi) is 4.73. The largest absolute Gasteiger partial charge is 0.298 e. The molecule has 0 bridgehead atoms. The van der Waals surface area contributed by atoms with Crippen molar-refractivity contribution in [2.75, 3.05) is 6.26 Å². The fourth-order valence-corrected chi connectivity index (χ4v) is 4.21. The molecule has 26 heavy (non-hydrogen) atoms. The summed E-state index contributed by atoms with van der Waals surface area (Å²) in [6, 6.07) is 10.8. The monoisotopic (exact) mass is 468 g/mol. The lowest BCUT2D eigenvalue weighted by Crippen LogP contribution is -2.50. The van der Waals surface area contributed by atoms with Crippen LogP contribution in [-0.4, -0.2) is 22.3 Å². The Morgan fingerprint density at radius 3 is 2.65 bits per heavy atom. The van der Waals surface area contributed by atoms with Crippen LogP contribution < -0.4 is 15.9 Å². The van der Waals surface area contributed by atoms with Gasteiger partial charge in [0.2, 0.25) is 0 Å². The van der Waals surface area contributed by atoms with Crippen LogP contribution in [0.4, 0.5) is 0 Å². The number of hydrogen-bond acceptors (Lipinski definition) is 5. The lowest BCUT2D eigenvalue weighted by molar-refractivity contribution is -0.116. The molecule has 2 aliphatic heterocycles. The predicted molar refractivity (Wildman–Crippen MR) is 108 cm³/mol. The number of thioether (sulfide) groups is 1. The maximum Gasteiger partial charge on any atom is 0.276 e. The van der Waals surface area contributed by atoms with Crippen molar-refractivity contribution in [2.45, 2.75) is 6.17 Å². The number of nitrogens with one attached hydrogen (secondary N) is 1. The molecule has 2 heterocycles. The van der Waals surface area contributed by atoms with Gasteiger partial charge >= 0.3 is 0 Å². The molecule has 2 aliphatic rings. The Bertz CT molecular complexity index is 1070. The van der Waals surface area contributed by atoms with Gasteiger partial charge in [-0.1, -0.05) is 57.0 Å². The Labute approximate surface area is 171 Å². The Balaban J connectivity index is 2.06. The average Bonchev–Trinajstić information content (AvgIpc) is 2.61. The van der Waals surface area contributed by atoms with Gasteiger partial charge < -0.3 is 0 Å². The standard InChI is InChI=1S/C17H11BrCl2N4OS/c1-26-17-22-16(25)14-9-7-8(18)5-6-12(9)21-15(24(14)23-17)13-10(19)3-2-4-11(13)20/h2-7,15H,1H3,(H,22,23,25)/t15-/m1/s1. The summed E-state index contributed by atoms with van der Waals surface area (Å²) in [4.78, 5) is 17.6. The number of carbonyl (C=O) groups excluding carboxylic acids is 1. The van der Waals surface area contributed by atoms with E-state index in [1.165, 1.54) is 11.8 Å². The molecule has 0 spiro atoms. The molecule has 132 valence electrons. The molecule has 2 aromatic rings. The Hall–Kier alpha value is -1.54. The van der Waals surface area contributed by atoms with Crippen LogP contribution in [-0.2, 0) is 4.79 Å². The van der Waals surface area contributed by atoms with Crippen molar-refractivity contribution in [3.05, 3.63) is 67.1 Å². The first-order chi connectivity index (χ1) is 12.5. The minimum atomic E-state index is -0.631. The smallest absolute Gasteiger partial charge is 0.276 e. The van der Waals surface area contributed by atoms with E-state index in [1.54, 1.807) is 23.2 Å². The first kappa shape index (κ1) is 17.9. The first-order valence-electron chi connectivity index (χ1n) is 7.54. The number of benzene rings is 2. The zero-order valence-electron chi connectivity index (χ0n) is 13.3. The molecule has 0 unspecified atom stereocenters. The lowest BCUT2D eigenvalue weighted by Gasteiger charge is -2.34. The van der Waals surface area contributed by atoms with E-state index in [4.69, 9.17) is 28.2 Å². The molecule has 0 aliphatic carbocycles. The van der Waals surface area contributed by atoms with Gasteiger partial charge in [0.1, 0.15) is 5.70 Å². The van der Waals surface area contributed by atoms with E-state index in [-0.39, 0.29) is 5.91 Å². The summed E-state index contributed by atoms with van der Waals surface area (Å²) in [5.41, 5.74) is 1.02. The number of carbonyl (C=O) groups is 1. The van der Waals surface area contributed by atoms with Crippen LogP contribution in [0.3, 0.4) is 0 Å². The molecule has 0 fully saturated rings. The third-order valence-corrected chi connectivity index (χ3v) is 5.74. The number of nitrogens with zero attached hydrogens (tertiary/aromatic N) is 3. The average molecular weight is 470 g/mol. The third kappa shape index (κ3) is 2.93. The second-order valence-corrected chi connectivity index (χ2v) is 8.08. The molecular weight excluding hydrogens is 459 g/mol. The van der Waals surface area contributed by atoms with Gasteiger partial charge in [-0.15, -0.1) is 5.10 Å². The second kappa shape index (κ2) is 6.88. The molecule has 1 amide bonds. The molecule has 0 saturated carbocycles. The quantitative estimate of drug-likeness (QED) is 0.697. The van der Waals surface area contributed by atoms with Crippen molar-refractivity contribution in [1.82, 2.24) is 10.3 Å². The molecule has 1 N–H and O–H groups in total. The molecule has 9 heteroatoms. The number of hydrogen-bond donors (Lipinski definition) is 1. The van der Waals surface area contributed by atoms with Crippen molar-refractivity contribution in [3.8, 4) is 0 Å². The minimum absolute atomic E-state index is 0.244. The fraction of sp³-hybridized carbons (Fsp3) is 0.118. The Morgan fingerprint density at radius 1 is 1.23 bits per heavy atom. The SMILES string of the molecule is CSC1=NN2C(=c3cc(Br)ccc3=N[C@H]2c2c(Cl)cccc2Cl)C(=O)N1. The van der Waals surface area contributed by atoms with Crippen LogP contribution in [0, 0.1) is 0 Å². The molecule has 1 atom stereocenters. The zero-order chi connectivity index (χ0) is 18.4. The summed E-state index contributed by atoms with van der Waals surface area (Å²) in [7, 11) is 0. The predicted octanol–water partition coefficient (Wildman–Crippen LogP) is 3.26. The van der Waals surface area contributed by atoms with E-state index in [2.05, 4.69) is 26.3 Å². The summed E-state index contributed by atoms with van der Waals surface area (Å²) in [5.74, 6) is -0.244. The van der Waals surface area contributed by atoms with Gasteiger partial charge in [0.05, 0.1) is 5.36 Å². The first-order valence-corrected chi connectivity index (χ1v) is 10.3. The molecule has 5 nitrogen and oxygen atoms in total. The van der Waals surface area contributed by atoms with Gasteiger partial charge in [0, 0.05) is 25.3 Å². The van der Waals surface area contributed by atoms with E-state index in [9.17, 15) is 4.79 Å². The summed E-state index contributed by atoms with van der Waals surface area (Å²) < 4.78 is 0.848. The molecule has 2 aromatic carbocycles. The number of amides is 1. The van der Waals surface area contributed by atoms with E-state index in [0.29, 0.717) is 37.0 Å². The van der Waals surface area contributed by atoms with Crippen molar-refractivity contribution >= 4 is 67.7 Å². The number of fused-ring (bicyclic) bond motifs is 2. The van der Waals surface area contributed by atoms with Gasteiger partial charge in [-0.25, -0.2) is 5.01 Å². The van der Waals surface area contributed by atoms with E-state index >= 15 is 0 Å². The number of halogens is 3. The molecule has 0 radical (unpaired) electrons. The fourth-order valence-electron chi connectivity index (χ4n) is 2.89. The summed E-state index contributed by atoms with van der Waals surface area (Å²) >= 11 is 17.6. The van der Waals surface area contributed by atoms with Crippen LogP contribution in [0.25, 0.3) is 5.70 Å². The van der Waals surface area contributed by atoms with Crippen molar-refractivity contribution in [3.63, 3.8) is 0 Å². The number of rotatable bonds is 1. The van der Waals surface area contributed by atoms with Gasteiger partial charge in [-0.05, 0) is 36.6 Å². The van der Waals surface area contributed by atoms with Crippen molar-refractivity contribution < 1.29 is 4.79 Å². The zero-order valence-corrected chi connectivity index (χ0v) is 17.2. The van der Waals surface area contributed by atoms with Gasteiger partial charge in [0.25, 0.3) is 5.91 Å². The second-order valence-electron chi connectivity index (χ2n) is 5.56. The van der Waals surface area contributed by atoms with Gasteiger partial charge in [0.15, 0.2) is 11.3 Å². The molecular formula is C17H11BrCl2N4OS. The molecule has 0 aromatic heterocycles. The summed E-state index contributed by atoms with van der Waals surface area (Å²) in [5, 5.41) is 11.7. The van der Waals surface area contributed by atoms with Crippen LogP contribution in [0.1, 0.15) is 11.7 Å². The number of amidine groups is 1. The lowest BCUT2D eigenvalue weighted by atomic mass is 10.1. The van der Waals surface area contributed by atoms with E-state index < -0.39 is 6.17 Å². The summed E-state index contributed by atoms with van der Waals surface area (Å²) in [6.45, 7) is 0. The van der Waals surface area contributed by atoms with Crippen molar-refractivity contribution in [2.24, 2.45) is 10.1 Å². The normalized spacial score (nSPS) is 18.5. The highest BCUT2D eigenvalue weighted by molar-refractivity contribution is 9.10. The minimum Gasteiger partial charge on any atom is -0.298 e. The summed E-state index contributed by atoms with van der Waals surface area (Å²) in [6.07, 6.45) is 1.21. The Morgan fingerprint density at radius 2 is 1.96 bits per heavy atom. The van der Waals surface area contributed by atoms with E-state index in [1.807, 2.05) is 24.5 Å². The highest BCUT2D eigenvalue weighted by Gasteiger charge is 2.36. The van der Waals surface area contributed by atoms with Crippen molar-refractivity contribution in [1.29, 1.82) is 0 Å². The highest BCUT2D eigenvalue weighted by Crippen LogP contribution is 2.38. The maximum absolute atomic E-state index is 12.8. The maximum atomic E-state index is 12.8. The highest BCUT2D eigenvalue weighted by atomic mass is 79.9. The topological polar surface area (TPSA) is 57.1 Å².